The van der Waals surface area contributed by atoms with Gasteiger partial charge in [-0.2, -0.15) is 13.2 Å². The quantitative estimate of drug-likeness (QED) is 0.846. The number of nitrogens with one attached hydrogen (secondary N) is 1. The van der Waals surface area contributed by atoms with Crippen LogP contribution < -0.4 is 10.2 Å². The van der Waals surface area contributed by atoms with Crippen molar-refractivity contribution >= 4 is 5.69 Å². The maximum absolute atomic E-state index is 12.1. The fourth-order valence-electron chi connectivity index (χ4n) is 2.50. The molecule has 118 valence electrons. The molecule has 1 N–H and O–H groups in total. The topological polar surface area (TPSA) is 24.5 Å². The lowest BCUT2D eigenvalue weighted by atomic mass is 10.1. The molecule has 1 atom stereocenters. The predicted molar refractivity (Wildman–Crippen MR) is 76.4 cm³/mol. The zero-order chi connectivity index (χ0) is 15.3. The van der Waals surface area contributed by atoms with Crippen molar-refractivity contribution in [3.8, 4) is 0 Å². The second-order valence-corrected chi connectivity index (χ2v) is 5.23. The van der Waals surface area contributed by atoms with Crippen molar-refractivity contribution in [2.75, 3.05) is 31.2 Å². The van der Waals surface area contributed by atoms with Crippen LogP contribution in [-0.2, 0) is 11.3 Å². The second-order valence-electron chi connectivity index (χ2n) is 5.23. The summed E-state index contributed by atoms with van der Waals surface area (Å²) in [4.78, 5) is 2.11. The summed E-state index contributed by atoms with van der Waals surface area (Å²) in [7, 11) is 0. The van der Waals surface area contributed by atoms with Crippen LogP contribution in [0.25, 0.3) is 0 Å². The van der Waals surface area contributed by atoms with Gasteiger partial charge in [-0.1, -0.05) is 25.1 Å². The Morgan fingerprint density at radius 2 is 2.10 bits per heavy atom. The molecule has 0 bridgehead atoms. The van der Waals surface area contributed by atoms with Crippen LogP contribution >= 0.6 is 0 Å². The number of para-hydroxylation sites is 1. The van der Waals surface area contributed by atoms with Gasteiger partial charge in [0.1, 0.15) is 6.61 Å². The molecule has 1 aliphatic heterocycles. The third-order valence-corrected chi connectivity index (χ3v) is 3.62. The highest BCUT2D eigenvalue weighted by molar-refractivity contribution is 5.54. The highest BCUT2D eigenvalue weighted by atomic mass is 19.4. The van der Waals surface area contributed by atoms with E-state index >= 15 is 0 Å². The molecule has 1 unspecified atom stereocenters. The third kappa shape index (κ3) is 4.89. The third-order valence-electron chi connectivity index (χ3n) is 3.62. The van der Waals surface area contributed by atoms with E-state index in [1.807, 2.05) is 24.3 Å². The van der Waals surface area contributed by atoms with Crippen LogP contribution in [0.1, 0.15) is 18.9 Å². The van der Waals surface area contributed by atoms with E-state index in [0.717, 1.165) is 25.2 Å². The lowest BCUT2D eigenvalue weighted by molar-refractivity contribution is -0.173. The van der Waals surface area contributed by atoms with E-state index in [2.05, 4.69) is 17.1 Å². The highest BCUT2D eigenvalue weighted by Gasteiger charge is 2.27. The Morgan fingerprint density at radius 1 is 1.33 bits per heavy atom. The van der Waals surface area contributed by atoms with E-state index < -0.39 is 12.8 Å². The van der Waals surface area contributed by atoms with Crippen molar-refractivity contribution in [3.05, 3.63) is 29.8 Å². The van der Waals surface area contributed by atoms with Crippen LogP contribution in [0.15, 0.2) is 24.3 Å². The highest BCUT2D eigenvalue weighted by Crippen LogP contribution is 2.23. The van der Waals surface area contributed by atoms with Gasteiger partial charge in [0.2, 0.25) is 0 Å². The van der Waals surface area contributed by atoms with Gasteiger partial charge >= 0.3 is 6.18 Å². The van der Waals surface area contributed by atoms with E-state index in [4.69, 9.17) is 4.74 Å². The second kappa shape index (κ2) is 7.13. The van der Waals surface area contributed by atoms with Gasteiger partial charge in [0.05, 0.1) is 6.61 Å². The van der Waals surface area contributed by atoms with Crippen LogP contribution in [0, 0.1) is 0 Å². The van der Waals surface area contributed by atoms with Crippen molar-refractivity contribution < 1.29 is 17.9 Å². The summed E-state index contributed by atoms with van der Waals surface area (Å²) in [5, 5.41) is 3.47. The molecule has 3 nitrogen and oxygen atoms in total. The Labute approximate surface area is 123 Å². The van der Waals surface area contributed by atoms with E-state index in [1.54, 1.807) is 0 Å². The van der Waals surface area contributed by atoms with Crippen molar-refractivity contribution in [1.82, 2.24) is 5.32 Å². The number of halogens is 3. The first kappa shape index (κ1) is 16.1. The fraction of sp³-hybridized carbons (Fsp3) is 0.600. The lowest BCUT2D eigenvalue weighted by Gasteiger charge is -2.27. The fourth-order valence-corrected chi connectivity index (χ4v) is 2.50. The molecule has 6 heteroatoms. The molecule has 2 rings (SSSR count). The number of nitrogens with zero attached hydrogens (tertiary/aromatic N) is 1. The number of rotatable bonds is 5. The molecule has 0 radical (unpaired) electrons. The molecule has 0 saturated carbocycles. The van der Waals surface area contributed by atoms with E-state index in [9.17, 15) is 13.2 Å². The summed E-state index contributed by atoms with van der Waals surface area (Å²) in [6, 6.07) is 8.32. The van der Waals surface area contributed by atoms with Crippen LogP contribution in [-0.4, -0.2) is 38.5 Å². The number of benzene rings is 1. The zero-order valence-corrected chi connectivity index (χ0v) is 12.1. The van der Waals surface area contributed by atoms with Gasteiger partial charge < -0.3 is 15.0 Å². The zero-order valence-electron chi connectivity index (χ0n) is 12.1. The molecule has 1 heterocycles. The minimum absolute atomic E-state index is 0.0737. The number of hydrogen-bond donors (Lipinski definition) is 1. The Bertz CT molecular complexity index is 451. The van der Waals surface area contributed by atoms with Crippen LogP contribution in [0.4, 0.5) is 18.9 Å². The molecule has 1 aromatic carbocycles. The first-order valence-corrected chi connectivity index (χ1v) is 7.20. The Kier molecular flexibility index (Phi) is 5.47. The van der Waals surface area contributed by atoms with Gasteiger partial charge in [0, 0.05) is 31.4 Å². The molecule has 0 amide bonds. The summed E-state index contributed by atoms with van der Waals surface area (Å²) in [5.41, 5.74) is 2.25. The maximum atomic E-state index is 12.1. The summed E-state index contributed by atoms with van der Waals surface area (Å²) in [6.07, 6.45) is -3.28. The van der Waals surface area contributed by atoms with Crippen molar-refractivity contribution in [2.45, 2.75) is 32.1 Å². The minimum atomic E-state index is -4.26. The molecule has 0 aromatic heterocycles. The van der Waals surface area contributed by atoms with Crippen molar-refractivity contribution in [2.24, 2.45) is 0 Å². The number of ether oxygens (including phenoxy) is 1. The molecule has 0 spiro atoms. The van der Waals surface area contributed by atoms with Gasteiger partial charge in [-0.25, -0.2) is 0 Å². The lowest BCUT2D eigenvalue weighted by Crippen LogP contribution is -2.39. The monoisotopic (exact) mass is 302 g/mol. The van der Waals surface area contributed by atoms with Crippen LogP contribution in [0.2, 0.25) is 0 Å². The first-order valence-electron chi connectivity index (χ1n) is 7.20. The Balaban J connectivity index is 1.98. The van der Waals surface area contributed by atoms with Gasteiger partial charge in [-0.15, -0.1) is 0 Å². The smallest absolute Gasteiger partial charge is 0.370 e. The summed E-state index contributed by atoms with van der Waals surface area (Å²) >= 11 is 0. The number of hydrogen-bond acceptors (Lipinski definition) is 3. The van der Waals surface area contributed by atoms with Crippen molar-refractivity contribution in [3.63, 3.8) is 0 Å². The summed E-state index contributed by atoms with van der Waals surface area (Å²) < 4.78 is 41.0. The summed E-state index contributed by atoms with van der Waals surface area (Å²) in [5.74, 6) is 0. The molecule has 0 saturated heterocycles. The van der Waals surface area contributed by atoms with E-state index in [-0.39, 0.29) is 6.61 Å². The molecule has 0 fully saturated rings. The first-order chi connectivity index (χ1) is 9.99. The van der Waals surface area contributed by atoms with Gasteiger partial charge in [-0.05, 0) is 18.1 Å². The molecular formula is C15H21F3N2O. The van der Waals surface area contributed by atoms with Gasteiger partial charge in [0.15, 0.2) is 0 Å². The van der Waals surface area contributed by atoms with E-state index in [1.165, 1.54) is 5.56 Å². The molecular weight excluding hydrogens is 281 g/mol. The SMILES string of the molecule is CCC1CN(CCOCC(F)(F)F)c2ccccc2CN1. The Hall–Kier alpha value is -1.27. The normalized spacial score (nSPS) is 19.2. The minimum Gasteiger partial charge on any atom is -0.370 e. The number of anilines is 1. The maximum Gasteiger partial charge on any atom is 0.411 e. The average Bonchev–Trinajstić information content (AvgIpc) is 2.62. The molecule has 0 aliphatic carbocycles. The Morgan fingerprint density at radius 3 is 2.81 bits per heavy atom. The molecule has 1 aliphatic rings. The summed E-state index contributed by atoms with van der Waals surface area (Å²) in [6.45, 7) is 3.02. The predicted octanol–water partition coefficient (Wildman–Crippen LogP) is 2.95. The van der Waals surface area contributed by atoms with Gasteiger partial charge in [-0.3, -0.25) is 0 Å². The number of alkyl halides is 3. The number of fused-ring (bicyclic) bond motifs is 1. The van der Waals surface area contributed by atoms with Gasteiger partial charge in [0.25, 0.3) is 0 Å². The van der Waals surface area contributed by atoms with Crippen LogP contribution in [0.5, 0.6) is 0 Å². The van der Waals surface area contributed by atoms with E-state index in [0.29, 0.717) is 12.6 Å². The average molecular weight is 302 g/mol. The molecule has 1 aromatic rings. The standard InChI is InChI=1S/C15H21F3N2O/c1-2-13-10-20(7-8-21-11-15(16,17)18)14-6-4-3-5-12(14)9-19-13/h3-6,13,19H,2,7-11H2,1H3. The largest absolute Gasteiger partial charge is 0.411 e. The van der Waals surface area contributed by atoms with Crippen molar-refractivity contribution in [1.29, 1.82) is 0 Å². The molecule has 21 heavy (non-hydrogen) atoms. The van der Waals surface area contributed by atoms with Crippen LogP contribution in [0.3, 0.4) is 0 Å².